The minimum absolute atomic E-state index is 0.672. The molecule has 1 saturated heterocycles. The van der Waals surface area contributed by atoms with E-state index in [1.165, 1.54) is 11.8 Å². The SMILES string of the molecule is c1ccc2nc(CNCC3CCOC3)ccc2c1. The van der Waals surface area contributed by atoms with Gasteiger partial charge in [0, 0.05) is 25.1 Å². The molecule has 1 atom stereocenters. The molecule has 1 fully saturated rings. The van der Waals surface area contributed by atoms with Crippen LogP contribution in [0.1, 0.15) is 12.1 Å². The van der Waals surface area contributed by atoms with Gasteiger partial charge in [-0.2, -0.15) is 0 Å². The van der Waals surface area contributed by atoms with Crippen LogP contribution in [0.5, 0.6) is 0 Å². The average Bonchev–Trinajstić information content (AvgIpc) is 2.92. The highest BCUT2D eigenvalue weighted by molar-refractivity contribution is 5.78. The summed E-state index contributed by atoms with van der Waals surface area (Å²) in [6.45, 7) is 3.68. The summed E-state index contributed by atoms with van der Waals surface area (Å²) in [6.07, 6.45) is 1.18. The van der Waals surface area contributed by atoms with Crippen LogP contribution in [0.15, 0.2) is 36.4 Å². The predicted octanol–water partition coefficient (Wildman–Crippen LogP) is 2.36. The fraction of sp³-hybridized carbons (Fsp3) is 0.400. The van der Waals surface area contributed by atoms with Gasteiger partial charge in [0.1, 0.15) is 0 Å². The van der Waals surface area contributed by atoms with Crippen LogP contribution in [-0.4, -0.2) is 24.7 Å². The summed E-state index contributed by atoms with van der Waals surface area (Å²) in [6, 6.07) is 12.5. The maximum Gasteiger partial charge on any atom is 0.0705 e. The molecule has 3 nitrogen and oxygen atoms in total. The van der Waals surface area contributed by atoms with Crippen molar-refractivity contribution < 1.29 is 4.74 Å². The highest BCUT2D eigenvalue weighted by atomic mass is 16.5. The molecule has 0 radical (unpaired) electrons. The quantitative estimate of drug-likeness (QED) is 0.893. The van der Waals surface area contributed by atoms with Crippen LogP contribution in [0.3, 0.4) is 0 Å². The summed E-state index contributed by atoms with van der Waals surface area (Å²) < 4.78 is 5.36. The van der Waals surface area contributed by atoms with Crippen molar-refractivity contribution in [1.82, 2.24) is 10.3 Å². The number of ether oxygens (including phenoxy) is 1. The second kappa shape index (κ2) is 5.46. The number of para-hydroxylation sites is 1. The fourth-order valence-electron chi connectivity index (χ4n) is 2.36. The van der Waals surface area contributed by atoms with Crippen molar-refractivity contribution in [2.75, 3.05) is 19.8 Å². The molecule has 3 rings (SSSR count). The second-order valence-electron chi connectivity index (χ2n) is 4.86. The Labute approximate surface area is 107 Å². The molecule has 1 aliphatic rings. The summed E-state index contributed by atoms with van der Waals surface area (Å²) in [7, 11) is 0. The van der Waals surface area contributed by atoms with Gasteiger partial charge in [0.2, 0.25) is 0 Å². The van der Waals surface area contributed by atoms with E-state index in [0.29, 0.717) is 5.92 Å². The molecule has 0 bridgehead atoms. The molecule has 2 heterocycles. The molecule has 1 unspecified atom stereocenters. The minimum atomic E-state index is 0.672. The lowest BCUT2D eigenvalue weighted by molar-refractivity contribution is 0.185. The first-order valence-corrected chi connectivity index (χ1v) is 6.55. The van der Waals surface area contributed by atoms with Crippen LogP contribution in [0.4, 0.5) is 0 Å². The van der Waals surface area contributed by atoms with Gasteiger partial charge in [-0.25, -0.2) is 0 Å². The summed E-state index contributed by atoms with van der Waals surface area (Å²) in [5, 5.41) is 4.67. The average molecular weight is 242 g/mol. The fourth-order valence-corrected chi connectivity index (χ4v) is 2.36. The zero-order valence-corrected chi connectivity index (χ0v) is 10.4. The number of hydrogen-bond acceptors (Lipinski definition) is 3. The third-order valence-electron chi connectivity index (χ3n) is 3.42. The summed E-state index contributed by atoms with van der Waals surface area (Å²) in [5.41, 5.74) is 2.17. The number of benzene rings is 1. The van der Waals surface area contributed by atoms with Gasteiger partial charge in [-0.15, -0.1) is 0 Å². The van der Waals surface area contributed by atoms with Gasteiger partial charge in [-0.1, -0.05) is 24.3 Å². The van der Waals surface area contributed by atoms with Gasteiger partial charge >= 0.3 is 0 Å². The van der Waals surface area contributed by atoms with Crippen LogP contribution in [0.25, 0.3) is 10.9 Å². The van der Waals surface area contributed by atoms with Crippen molar-refractivity contribution in [3.63, 3.8) is 0 Å². The molecular weight excluding hydrogens is 224 g/mol. The largest absolute Gasteiger partial charge is 0.381 e. The number of hydrogen-bond donors (Lipinski definition) is 1. The lowest BCUT2D eigenvalue weighted by Crippen LogP contribution is -2.23. The molecule has 2 aromatic rings. The van der Waals surface area contributed by atoms with Crippen molar-refractivity contribution in [3.05, 3.63) is 42.1 Å². The van der Waals surface area contributed by atoms with Crippen molar-refractivity contribution in [2.45, 2.75) is 13.0 Å². The van der Waals surface area contributed by atoms with Crippen molar-refractivity contribution in [2.24, 2.45) is 5.92 Å². The number of nitrogens with one attached hydrogen (secondary N) is 1. The predicted molar refractivity (Wildman–Crippen MR) is 72.4 cm³/mol. The molecule has 0 aliphatic carbocycles. The van der Waals surface area contributed by atoms with E-state index in [-0.39, 0.29) is 0 Å². The number of nitrogens with zero attached hydrogens (tertiary/aromatic N) is 1. The van der Waals surface area contributed by atoms with Gasteiger partial charge < -0.3 is 10.1 Å². The zero-order valence-electron chi connectivity index (χ0n) is 10.4. The Balaban J connectivity index is 1.60. The van der Waals surface area contributed by atoms with Gasteiger partial charge in [-0.3, -0.25) is 4.98 Å². The van der Waals surface area contributed by atoms with Crippen LogP contribution < -0.4 is 5.32 Å². The molecule has 1 aromatic heterocycles. The van der Waals surface area contributed by atoms with Crippen LogP contribution in [0.2, 0.25) is 0 Å². The number of pyridine rings is 1. The maximum atomic E-state index is 5.36. The topological polar surface area (TPSA) is 34.2 Å². The molecule has 1 aromatic carbocycles. The highest BCUT2D eigenvalue weighted by Crippen LogP contribution is 2.13. The van der Waals surface area contributed by atoms with E-state index in [9.17, 15) is 0 Å². The maximum absolute atomic E-state index is 5.36. The molecule has 0 spiro atoms. The Hall–Kier alpha value is -1.45. The molecular formula is C15H18N2O. The zero-order chi connectivity index (χ0) is 12.2. The van der Waals surface area contributed by atoms with Gasteiger partial charge in [0.25, 0.3) is 0 Å². The third-order valence-corrected chi connectivity index (χ3v) is 3.42. The van der Waals surface area contributed by atoms with E-state index in [2.05, 4.69) is 34.6 Å². The molecule has 1 N–H and O–H groups in total. The standard InChI is InChI=1S/C15H18N2O/c1-2-4-15-13(3-1)5-6-14(17-15)10-16-9-12-7-8-18-11-12/h1-6,12,16H,7-11H2. The van der Waals surface area contributed by atoms with E-state index in [4.69, 9.17) is 4.74 Å². The first-order chi connectivity index (χ1) is 8.92. The van der Waals surface area contributed by atoms with Crippen molar-refractivity contribution >= 4 is 10.9 Å². The van der Waals surface area contributed by atoms with Crippen LogP contribution >= 0.6 is 0 Å². The molecule has 3 heteroatoms. The Bertz CT molecular complexity index is 521. The summed E-state index contributed by atoms with van der Waals surface area (Å²) >= 11 is 0. The van der Waals surface area contributed by atoms with Gasteiger partial charge in [0.05, 0.1) is 17.8 Å². The number of fused-ring (bicyclic) bond motifs is 1. The minimum Gasteiger partial charge on any atom is -0.381 e. The summed E-state index contributed by atoms with van der Waals surface area (Å²) in [5.74, 6) is 0.672. The van der Waals surface area contributed by atoms with Gasteiger partial charge in [0.15, 0.2) is 0 Å². The van der Waals surface area contributed by atoms with Crippen LogP contribution in [-0.2, 0) is 11.3 Å². The van der Waals surface area contributed by atoms with E-state index >= 15 is 0 Å². The second-order valence-corrected chi connectivity index (χ2v) is 4.86. The highest BCUT2D eigenvalue weighted by Gasteiger charge is 2.14. The molecule has 1 aliphatic heterocycles. The van der Waals surface area contributed by atoms with E-state index in [1.54, 1.807) is 0 Å². The Kier molecular flexibility index (Phi) is 3.53. The lowest BCUT2D eigenvalue weighted by Gasteiger charge is -2.09. The van der Waals surface area contributed by atoms with Crippen molar-refractivity contribution in [1.29, 1.82) is 0 Å². The first-order valence-electron chi connectivity index (χ1n) is 6.55. The Morgan fingerprint density at radius 2 is 2.17 bits per heavy atom. The Morgan fingerprint density at radius 1 is 1.22 bits per heavy atom. The van der Waals surface area contributed by atoms with E-state index in [1.807, 2.05) is 12.1 Å². The van der Waals surface area contributed by atoms with Gasteiger partial charge in [-0.05, 0) is 24.5 Å². The monoisotopic (exact) mass is 242 g/mol. The lowest BCUT2D eigenvalue weighted by atomic mass is 10.1. The number of aromatic nitrogens is 1. The third kappa shape index (κ3) is 2.68. The smallest absolute Gasteiger partial charge is 0.0705 e. The van der Waals surface area contributed by atoms with E-state index < -0.39 is 0 Å². The first kappa shape index (κ1) is 11.6. The summed E-state index contributed by atoms with van der Waals surface area (Å²) in [4.78, 5) is 4.65. The Morgan fingerprint density at radius 3 is 3.06 bits per heavy atom. The van der Waals surface area contributed by atoms with Crippen LogP contribution in [0, 0.1) is 5.92 Å². The van der Waals surface area contributed by atoms with E-state index in [0.717, 1.165) is 37.5 Å². The molecule has 94 valence electrons. The normalized spacial score (nSPS) is 19.4. The molecule has 0 saturated carbocycles. The molecule has 0 amide bonds. The van der Waals surface area contributed by atoms with Crippen molar-refractivity contribution in [3.8, 4) is 0 Å². The number of rotatable bonds is 4. The molecule has 18 heavy (non-hydrogen) atoms.